The first kappa shape index (κ1) is 10.6. The summed E-state index contributed by atoms with van der Waals surface area (Å²) in [6.45, 7) is 2.00. The average Bonchev–Trinajstić information content (AvgIpc) is 1.78. The fourth-order valence-corrected chi connectivity index (χ4v) is 2.91. The van der Waals surface area contributed by atoms with Gasteiger partial charge in [0, 0.05) is 0 Å². The van der Waals surface area contributed by atoms with Crippen LogP contribution >= 0.6 is 0 Å². The Labute approximate surface area is 69.3 Å². The third-order valence-corrected chi connectivity index (χ3v) is 4.07. The van der Waals surface area contributed by atoms with Crippen molar-refractivity contribution in [3.63, 3.8) is 0 Å². The first-order valence-electron chi connectivity index (χ1n) is 3.20. The Kier molecular flexibility index (Phi) is 5.56. The third-order valence-electron chi connectivity index (χ3n) is 0.908. The summed E-state index contributed by atoms with van der Waals surface area (Å²) in [7, 11) is 0. The van der Waals surface area contributed by atoms with Gasteiger partial charge in [-0.15, -0.1) is 0 Å². The van der Waals surface area contributed by atoms with Crippen molar-refractivity contribution in [1.82, 2.24) is 0 Å². The monoisotopic (exact) mass is 270 g/mol. The molecular formula is C6H11F3Te. The zero-order valence-electron chi connectivity index (χ0n) is 5.87. The second-order valence-corrected chi connectivity index (χ2v) is 5.18. The maximum atomic E-state index is 11.5. The SMILES string of the molecule is CCCC[Te]CC(F)(F)F. The molecule has 0 amide bonds. The van der Waals surface area contributed by atoms with Gasteiger partial charge >= 0.3 is 69.0 Å². The molecule has 0 spiro atoms. The summed E-state index contributed by atoms with van der Waals surface area (Å²) in [5, 5.41) is 0. The zero-order chi connectivity index (χ0) is 8.04. The van der Waals surface area contributed by atoms with E-state index in [9.17, 15) is 13.2 Å². The molecule has 0 heterocycles. The van der Waals surface area contributed by atoms with Gasteiger partial charge in [0.05, 0.1) is 0 Å². The molecule has 0 bridgehead atoms. The average molecular weight is 268 g/mol. The van der Waals surface area contributed by atoms with Gasteiger partial charge in [-0.1, -0.05) is 0 Å². The van der Waals surface area contributed by atoms with Gasteiger partial charge < -0.3 is 0 Å². The van der Waals surface area contributed by atoms with E-state index in [4.69, 9.17) is 0 Å². The van der Waals surface area contributed by atoms with Gasteiger partial charge in [0.15, 0.2) is 0 Å². The van der Waals surface area contributed by atoms with E-state index in [1.165, 1.54) is 0 Å². The molecule has 0 saturated carbocycles. The first-order valence-corrected chi connectivity index (χ1v) is 6.50. The van der Waals surface area contributed by atoms with Crippen LogP contribution in [0.1, 0.15) is 19.8 Å². The van der Waals surface area contributed by atoms with Crippen molar-refractivity contribution in [3.8, 4) is 0 Å². The van der Waals surface area contributed by atoms with E-state index in [1.54, 1.807) is 0 Å². The molecule has 0 aromatic rings. The van der Waals surface area contributed by atoms with Gasteiger partial charge in [-0.25, -0.2) is 0 Å². The molecule has 0 radical (unpaired) electrons. The summed E-state index contributed by atoms with van der Waals surface area (Å²) in [6.07, 6.45) is -1.91. The van der Waals surface area contributed by atoms with Crippen LogP contribution in [0, 0.1) is 0 Å². The third kappa shape index (κ3) is 8.58. The number of alkyl halides is 3. The molecule has 0 aromatic carbocycles. The normalized spacial score (nSPS) is 12.0. The van der Waals surface area contributed by atoms with E-state index in [2.05, 4.69) is 0 Å². The maximum absolute atomic E-state index is 11.5. The van der Waals surface area contributed by atoms with Crippen molar-refractivity contribution in [2.24, 2.45) is 0 Å². The topological polar surface area (TPSA) is 0 Å². The van der Waals surface area contributed by atoms with E-state index < -0.39 is 31.6 Å². The molecule has 4 heteroatoms. The Morgan fingerprint density at radius 2 is 1.90 bits per heavy atom. The van der Waals surface area contributed by atoms with Gasteiger partial charge in [-0.3, -0.25) is 0 Å². The molecule has 0 fully saturated rings. The van der Waals surface area contributed by atoms with Crippen molar-refractivity contribution in [2.45, 2.75) is 34.9 Å². The van der Waals surface area contributed by atoms with Crippen LogP contribution in [0.25, 0.3) is 0 Å². The van der Waals surface area contributed by atoms with Crippen LogP contribution in [0.3, 0.4) is 0 Å². The van der Waals surface area contributed by atoms with Crippen molar-refractivity contribution in [2.75, 3.05) is 0 Å². The minimum atomic E-state index is -3.89. The van der Waals surface area contributed by atoms with Crippen LogP contribution in [0.15, 0.2) is 0 Å². The Bertz CT molecular complexity index is 79.6. The second-order valence-electron chi connectivity index (χ2n) is 2.02. The van der Waals surface area contributed by atoms with Crippen LogP contribution in [-0.2, 0) is 0 Å². The van der Waals surface area contributed by atoms with Crippen molar-refractivity contribution in [3.05, 3.63) is 0 Å². The fraction of sp³-hybridized carbons (Fsp3) is 1.00. The molecule has 0 unspecified atom stereocenters. The Morgan fingerprint density at radius 3 is 2.30 bits per heavy atom. The van der Waals surface area contributed by atoms with E-state index >= 15 is 0 Å². The number of unbranched alkanes of at least 4 members (excludes halogenated alkanes) is 1. The summed E-state index contributed by atoms with van der Waals surface area (Å²) in [6, 6.07) is 0. The Morgan fingerprint density at radius 1 is 1.30 bits per heavy atom. The first-order chi connectivity index (χ1) is 4.56. The molecule has 0 saturated heterocycles. The van der Waals surface area contributed by atoms with E-state index in [0.717, 1.165) is 17.3 Å². The molecule has 0 rings (SSSR count). The van der Waals surface area contributed by atoms with Gasteiger partial charge in [0.1, 0.15) is 0 Å². The molecule has 62 valence electrons. The van der Waals surface area contributed by atoms with Crippen LogP contribution in [0.2, 0.25) is 8.94 Å². The molecular weight excluding hydrogens is 257 g/mol. The molecule has 0 aliphatic rings. The van der Waals surface area contributed by atoms with Crippen molar-refractivity contribution in [1.29, 1.82) is 0 Å². The van der Waals surface area contributed by atoms with Crippen LogP contribution < -0.4 is 0 Å². The van der Waals surface area contributed by atoms with E-state index in [-0.39, 0.29) is 0 Å². The molecule has 0 aliphatic carbocycles. The predicted molar refractivity (Wildman–Crippen MR) is 36.3 cm³/mol. The van der Waals surface area contributed by atoms with Crippen molar-refractivity contribution >= 4 is 20.9 Å². The van der Waals surface area contributed by atoms with Crippen molar-refractivity contribution < 1.29 is 13.2 Å². The summed E-state index contributed by atoms with van der Waals surface area (Å²) < 4.78 is 34.9. The minimum absolute atomic E-state index is 0.488. The molecule has 0 aliphatic heterocycles. The molecule has 10 heavy (non-hydrogen) atoms. The van der Waals surface area contributed by atoms with E-state index in [0.29, 0.717) is 0 Å². The fourth-order valence-electron chi connectivity index (χ4n) is 0.434. The van der Waals surface area contributed by atoms with Gasteiger partial charge in [0.2, 0.25) is 0 Å². The quantitative estimate of drug-likeness (QED) is 0.543. The summed E-state index contributed by atoms with van der Waals surface area (Å²) >= 11 is -0.757. The van der Waals surface area contributed by atoms with Gasteiger partial charge in [-0.05, 0) is 0 Å². The number of hydrogen-bond acceptors (Lipinski definition) is 0. The number of rotatable bonds is 4. The summed E-state index contributed by atoms with van der Waals surface area (Å²) in [5.74, 6) is 0. The van der Waals surface area contributed by atoms with Gasteiger partial charge in [-0.2, -0.15) is 0 Å². The van der Waals surface area contributed by atoms with Gasteiger partial charge in [0.25, 0.3) is 0 Å². The predicted octanol–water partition coefficient (Wildman–Crippen LogP) is 2.89. The van der Waals surface area contributed by atoms with Crippen LogP contribution in [-0.4, -0.2) is 27.1 Å². The van der Waals surface area contributed by atoms with E-state index in [1.807, 2.05) is 6.92 Å². The van der Waals surface area contributed by atoms with Crippen LogP contribution in [0.4, 0.5) is 13.2 Å². The number of halogens is 3. The molecule has 0 aromatic heterocycles. The standard InChI is InChI=1S/C6H11F3Te/c1-2-3-4-10-5-6(7,8)9/h2-5H2,1H3. The molecule has 0 atom stereocenters. The number of hydrogen-bond donors (Lipinski definition) is 0. The molecule has 0 nitrogen and oxygen atoms in total. The van der Waals surface area contributed by atoms with Crippen LogP contribution in [0.5, 0.6) is 0 Å². The Balaban J connectivity index is 3.04. The Hall–Kier alpha value is 0.580. The summed E-state index contributed by atoms with van der Waals surface area (Å²) in [4.78, 5) is 0. The molecule has 0 N–H and O–H groups in total. The second kappa shape index (κ2) is 5.26. The zero-order valence-corrected chi connectivity index (χ0v) is 8.20. The summed E-state index contributed by atoms with van der Waals surface area (Å²) in [5.41, 5.74) is 0.